The number of aromatic nitrogens is 1. The molecule has 0 amide bonds. The van der Waals surface area contributed by atoms with E-state index in [0.29, 0.717) is 0 Å². The van der Waals surface area contributed by atoms with Crippen molar-refractivity contribution < 1.29 is 4.39 Å². The van der Waals surface area contributed by atoms with Crippen LogP contribution in [0.4, 0.5) is 4.39 Å². The first-order chi connectivity index (χ1) is 8.15. The number of aryl methyl sites for hydroxylation is 1. The number of nitrogens with zero attached hydrogens (tertiary/aromatic N) is 1. The number of halogens is 1. The average molecular weight is 250 g/mol. The Kier molecular flexibility index (Phi) is 3.86. The maximum atomic E-state index is 13.1. The van der Waals surface area contributed by atoms with E-state index in [1.54, 1.807) is 23.5 Å². The Hall–Kier alpha value is -1.26. The van der Waals surface area contributed by atoms with Gasteiger partial charge in [0, 0.05) is 23.7 Å². The monoisotopic (exact) mass is 250 g/mol. The van der Waals surface area contributed by atoms with Crippen LogP contribution in [0.2, 0.25) is 0 Å². The second-order valence-corrected chi connectivity index (χ2v) is 5.32. The number of hydrogen-bond donors (Lipinski definition) is 1. The summed E-state index contributed by atoms with van der Waals surface area (Å²) < 4.78 is 13.1. The number of benzene rings is 1. The molecule has 0 aliphatic heterocycles. The maximum absolute atomic E-state index is 13.1. The van der Waals surface area contributed by atoms with Gasteiger partial charge in [-0.1, -0.05) is 12.1 Å². The molecule has 0 bridgehead atoms. The van der Waals surface area contributed by atoms with Crippen LogP contribution in [0.15, 0.2) is 30.5 Å². The van der Waals surface area contributed by atoms with Crippen molar-refractivity contribution in [3.05, 3.63) is 51.7 Å². The summed E-state index contributed by atoms with van der Waals surface area (Å²) in [5.74, 6) is -0.190. The van der Waals surface area contributed by atoms with Crippen LogP contribution in [0, 0.1) is 12.7 Å². The third-order valence-corrected chi connectivity index (χ3v) is 3.51. The number of rotatable bonds is 4. The smallest absolute Gasteiger partial charge is 0.123 e. The zero-order valence-corrected chi connectivity index (χ0v) is 10.7. The van der Waals surface area contributed by atoms with E-state index in [9.17, 15) is 4.39 Å². The first kappa shape index (κ1) is 12.2. The minimum absolute atomic E-state index is 0.133. The molecule has 1 atom stereocenters. The van der Waals surface area contributed by atoms with E-state index in [1.165, 1.54) is 10.9 Å². The summed E-state index contributed by atoms with van der Waals surface area (Å²) in [4.78, 5) is 5.40. The number of nitrogens with one attached hydrogen (secondary N) is 1. The largest absolute Gasteiger partial charge is 0.305 e. The molecular formula is C13H15FN2S. The SMILES string of the molecule is Cc1ncc(CN[C@H](C)c2cccc(F)c2)s1. The van der Waals surface area contributed by atoms with Crippen molar-refractivity contribution in [1.82, 2.24) is 10.3 Å². The summed E-state index contributed by atoms with van der Waals surface area (Å²) in [5.41, 5.74) is 0.964. The van der Waals surface area contributed by atoms with E-state index in [0.717, 1.165) is 17.1 Å². The fraction of sp³-hybridized carbons (Fsp3) is 0.308. The summed E-state index contributed by atoms with van der Waals surface area (Å²) in [6, 6.07) is 6.82. The topological polar surface area (TPSA) is 24.9 Å². The van der Waals surface area contributed by atoms with E-state index < -0.39 is 0 Å². The van der Waals surface area contributed by atoms with Crippen molar-refractivity contribution in [1.29, 1.82) is 0 Å². The Morgan fingerprint density at radius 1 is 1.47 bits per heavy atom. The van der Waals surface area contributed by atoms with Gasteiger partial charge in [0.1, 0.15) is 5.82 Å². The highest BCUT2D eigenvalue weighted by atomic mass is 32.1. The quantitative estimate of drug-likeness (QED) is 0.899. The van der Waals surface area contributed by atoms with Gasteiger partial charge in [-0.25, -0.2) is 9.37 Å². The average Bonchev–Trinajstić information content (AvgIpc) is 2.72. The molecular weight excluding hydrogens is 235 g/mol. The van der Waals surface area contributed by atoms with Gasteiger partial charge in [-0.15, -0.1) is 11.3 Å². The van der Waals surface area contributed by atoms with Gasteiger partial charge in [0.15, 0.2) is 0 Å². The summed E-state index contributed by atoms with van der Waals surface area (Å²) >= 11 is 1.68. The lowest BCUT2D eigenvalue weighted by Gasteiger charge is -2.13. The molecule has 0 saturated heterocycles. The molecule has 0 fully saturated rings. The molecule has 90 valence electrons. The molecule has 2 rings (SSSR count). The molecule has 0 radical (unpaired) electrons. The van der Waals surface area contributed by atoms with E-state index in [-0.39, 0.29) is 11.9 Å². The molecule has 0 aliphatic rings. The van der Waals surface area contributed by atoms with Gasteiger partial charge in [0.25, 0.3) is 0 Å². The second kappa shape index (κ2) is 5.38. The summed E-state index contributed by atoms with van der Waals surface area (Å²) in [5, 5.41) is 4.43. The van der Waals surface area contributed by atoms with Crippen molar-refractivity contribution in [3.63, 3.8) is 0 Å². The molecule has 0 unspecified atom stereocenters. The minimum atomic E-state index is -0.190. The van der Waals surface area contributed by atoms with Crippen LogP contribution in [0.3, 0.4) is 0 Å². The molecule has 0 spiro atoms. The van der Waals surface area contributed by atoms with Gasteiger partial charge < -0.3 is 5.32 Å². The minimum Gasteiger partial charge on any atom is -0.305 e. The third-order valence-electron chi connectivity index (χ3n) is 2.60. The predicted molar refractivity (Wildman–Crippen MR) is 68.5 cm³/mol. The Morgan fingerprint density at radius 2 is 2.29 bits per heavy atom. The Balaban J connectivity index is 1.95. The highest BCUT2D eigenvalue weighted by molar-refractivity contribution is 7.11. The molecule has 0 aliphatic carbocycles. The van der Waals surface area contributed by atoms with E-state index in [2.05, 4.69) is 10.3 Å². The van der Waals surface area contributed by atoms with Crippen LogP contribution in [-0.2, 0) is 6.54 Å². The highest BCUT2D eigenvalue weighted by Crippen LogP contribution is 2.16. The van der Waals surface area contributed by atoms with Crippen molar-refractivity contribution >= 4 is 11.3 Å². The lowest BCUT2D eigenvalue weighted by Crippen LogP contribution is -2.17. The van der Waals surface area contributed by atoms with Gasteiger partial charge in [-0.3, -0.25) is 0 Å². The molecule has 17 heavy (non-hydrogen) atoms. The zero-order chi connectivity index (χ0) is 12.3. The normalized spacial score (nSPS) is 12.6. The van der Waals surface area contributed by atoms with Crippen molar-refractivity contribution in [3.8, 4) is 0 Å². The molecule has 1 aromatic carbocycles. The van der Waals surface area contributed by atoms with Crippen LogP contribution in [0.5, 0.6) is 0 Å². The van der Waals surface area contributed by atoms with Crippen LogP contribution in [0.1, 0.15) is 28.4 Å². The summed E-state index contributed by atoms with van der Waals surface area (Å²) in [7, 11) is 0. The molecule has 2 aromatic rings. The molecule has 2 nitrogen and oxygen atoms in total. The maximum Gasteiger partial charge on any atom is 0.123 e. The Labute approximate surface area is 105 Å². The lowest BCUT2D eigenvalue weighted by molar-refractivity contribution is 0.568. The number of hydrogen-bond acceptors (Lipinski definition) is 3. The molecule has 1 N–H and O–H groups in total. The van der Waals surface area contributed by atoms with Crippen LogP contribution in [0.25, 0.3) is 0 Å². The highest BCUT2D eigenvalue weighted by Gasteiger charge is 2.06. The molecule has 1 aromatic heterocycles. The number of thiazole rings is 1. The molecule has 0 saturated carbocycles. The van der Waals surface area contributed by atoms with Crippen molar-refractivity contribution in [2.45, 2.75) is 26.4 Å². The fourth-order valence-corrected chi connectivity index (χ4v) is 2.38. The standard InChI is InChI=1S/C13H15FN2S/c1-9(11-4-3-5-12(14)6-11)15-7-13-8-16-10(2)17-13/h3-6,8-9,15H,7H2,1-2H3/t9-/m1/s1. The van der Waals surface area contributed by atoms with Crippen molar-refractivity contribution in [2.24, 2.45) is 0 Å². The summed E-state index contributed by atoms with van der Waals surface area (Å²) in [6.45, 7) is 4.79. The fourth-order valence-electron chi connectivity index (χ4n) is 1.63. The zero-order valence-electron chi connectivity index (χ0n) is 9.90. The van der Waals surface area contributed by atoms with Crippen molar-refractivity contribution in [2.75, 3.05) is 0 Å². The predicted octanol–water partition coefficient (Wildman–Crippen LogP) is 3.44. The first-order valence-electron chi connectivity index (χ1n) is 5.55. The Bertz CT molecular complexity index is 496. The van der Waals surface area contributed by atoms with E-state index in [1.807, 2.05) is 26.1 Å². The van der Waals surface area contributed by atoms with Gasteiger partial charge in [-0.2, -0.15) is 0 Å². The van der Waals surface area contributed by atoms with Crippen LogP contribution >= 0.6 is 11.3 Å². The third kappa shape index (κ3) is 3.35. The van der Waals surface area contributed by atoms with E-state index in [4.69, 9.17) is 0 Å². The second-order valence-electron chi connectivity index (χ2n) is 4.00. The molecule has 4 heteroatoms. The van der Waals surface area contributed by atoms with Gasteiger partial charge >= 0.3 is 0 Å². The first-order valence-corrected chi connectivity index (χ1v) is 6.37. The molecule has 1 heterocycles. The van der Waals surface area contributed by atoms with Gasteiger partial charge in [0.05, 0.1) is 5.01 Å². The lowest BCUT2D eigenvalue weighted by atomic mass is 10.1. The summed E-state index contributed by atoms with van der Waals surface area (Å²) in [6.07, 6.45) is 1.88. The Morgan fingerprint density at radius 3 is 2.94 bits per heavy atom. The van der Waals surface area contributed by atoms with Crippen LogP contribution in [-0.4, -0.2) is 4.98 Å². The van der Waals surface area contributed by atoms with E-state index >= 15 is 0 Å². The van der Waals surface area contributed by atoms with Crippen LogP contribution < -0.4 is 5.32 Å². The van der Waals surface area contributed by atoms with Gasteiger partial charge in [-0.05, 0) is 31.5 Å². The van der Waals surface area contributed by atoms with Gasteiger partial charge in [0.2, 0.25) is 0 Å².